The summed E-state index contributed by atoms with van der Waals surface area (Å²) in [4.78, 5) is 25.6. The van der Waals surface area contributed by atoms with Gasteiger partial charge in [0.1, 0.15) is 0 Å². The SMILES string of the molecule is CC1CCCCC1NC(=O)C(C)N1CCCC(CCC(=O)O)C1. The molecule has 1 saturated heterocycles. The van der Waals surface area contributed by atoms with Gasteiger partial charge in [0, 0.05) is 19.0 Å². The average Bonchev–Trinajstić information content (AvgIpc) is 2.54. The van der Waals surface area contributed by atoms with E-state index < -0.39 is 5.97 Å². The Hall–Kier alpha value is -1.10. The van der Waals surface area contributed by atoms with Crippen molar-refractivity contribution >= 4 is 11.9 Å². The molecule has 2 N–H and O–H groups in total. The van der Waals surface area contributed by atoms with Crippen LogP contribution in [0.1, 0.15) is 65.2 Å². The van der Waals surface area contributed by atoms with E-state index in [1.807, 2.05) is 6.92 Å². The van der Waals surface area contributed by atoms with Crippen molar-refractivity contribution in [3.8, 4) is 0 Å². The maximum absolute atomic E-state index is 12.6. The number of hydrogen-bond acceptors (Lipinski definition) is 3. The van der Waals surface area contributed by atoms with E-state index in [0.29, 0.717) is 17.9 Å². The highest BCUT2D eigenvalue weighted by Gasteiger charge is 2.30. The Bertz CT molecular complexity index is 413. The van der Waals surface area contributed by atoms with Crippen LogP contribution in [0.2, 0.25) is 0 Å². The van der Waals surface area contributed by atoms with E-state index >= 15 is 0 Å². The molecule has 0 aromatic carbocycles. The van der Waals surface area contributed by atoms with E-state index in [9.17, 15) is 9.59 Å². The molecule has 2 aliphatic rings. The van der Waals surface area contributed by atoms with E-state index in [1.54, 1.807) is 0 Å². The van der Waals surface area contributed by atoms with Gasteiger partial charge in [0.25, 0.3) is 0 Å². The number of carboxylic acid groups (broad SMARTS) is 1. The van der Waals surface area contributed by atoms with Crippen LogP contribution < -0.4 is 5.32 Å². The molecule has 1 saturated carbocycles. The fraction of sp³-hybridized carbons (Fsp3) is 0.889. The van der Waals surface area contributed by atoms with Gasteiger partial charge in [0.05, 0.1) is 6.04 Å². The molecule has 2 fully saturated rings. The van der Waals surface area contributed by atoms with E-state index in [1.165, 1.54) is 19.3 Å². The molecule has 0 aromatic rings. The van der Waals surface area contributed by atoms with Crippen LogP contribution >= 0.6 is 0 Å². The summed E-state index contributed by atoms with van der Waals surface area (Å²) in [6.07, 6.45) is 7.89. The van der Waals surface area contributed by atoms with E-state index in [-0.39, 0.29) is 18.4 Å². The number of nitrogens with one attached hydrogen (secondary N) is 1. The number of aliphatic carboxylic acids is 1. The highest BCUT2D eigenvalue weighted by Crippen LogP contribution is 2.25. The van der Waals surface area contributed by atoms with E-state index in [2.05, 4.69) is 17.1 Å². The Morgan fingerprint density at radius 1 is 1.22 bits per heavy atom. The van der Waals surface area contributed by atoms with Crippen molar-refractivity contribution in [3.63, 3.8) is 0 Å². The zero-order valence-electron chi connectivity index (χ0n) is 14.6. The van der Waals surface area contributed by atoms with Gasteiger partial charge in [-0.15, -0.1) is 0 Å². The molecule has 23 heavy (non-hydrogen) atoms. The number of piperidine rings is 1. The third-order valence-electron chi connectivity index (χ3n) is 5.68. The first-order chi connectivity index (χ1) is 11.0. The van der Waals surface area contributed by atoms with Gasteiger partial charge in [0.2, 0.25) is 5.91 Å². The minimum absolute atomic E-state index is 0.114. The van der Waals surface area contributed by atoms with Gasteiger partial charge in [-0.3, -0.25) is 14.5 Å². The van der Waals surface area contributed by atoms with Gasteiger partial charge in [-0.25, -0.2) is 0 Å². The first-order valence-corrected chi connectivity index (χ1v) is 9.23. The summed E-state index contributed by atoms with van der Waals surface area (Å²) in [7, 11) is 0. The van der Waals surface area contributed by atoms with Crippen LogP contribution in [0.4, 0.5) is 0 Å². The molecule has 4 unspecified atom stereocenters. The molecule has 0 bridgehead atoms. The molecule has 132 valence electrons. The molecular weight excluding hydrogens is 292 g/mol. The molecule has 1 amide bonds. The van der Waals surface area contributed by atoms with Crippen molar-refractivity contribution in [2.75, 3.05) is 13.1 Å². The number of amides is 1. The molecule has 4 atom stereocenters. The van der Waals surface area contributed by atoms with Gasteiger partial charge in [-0.2, -0.15) is 0 Å². The van der Waals surface area contributed by atoms with Crippen LogP contribution in [0.5, 0.6) is 0 Å². The second-order valence-electron chi connectivity index (χ2n) is 7.49. The normalized spacial score (nSPS) is 30.6. The van der Waals surface area contributed by atoms with Crippen molar-refractivity contribution in [3.05, 3.63) is 0 Å². The van der Waals surface area contributed by atoms with Crippen molar-refractivity contribution in [2.45, 2.75) is 77.3 Å². The Kier molecular flexibility index (Phi) is 6.88. The van der Waals surface area contributed by atoms with Crippen LogP contribution in [0.25, 0.3) is 0 Å². The monoisotopic (exact) mass is 324 g/mol. The Morgan fingerprint density at radius 2 is 1.96 bits per heavy atom. The third-order valence-corrected chi connectivity index (χ3v) is 5.68. The summed E-state index contributed by atoms with van der Waals surface area (Å²) in [5.41, 5.74) is 0. The minimum Gasteiger partial charge on any atom is -0.481 e. The Balaban J connectivity index is 1.82. The quantitative estimate of drug-likeness (QED) is 0.788. The molecule has 5 heteroatoms. The van der Waals surface area contributed by atoms with Crippen LogP contribution in [0, 0.1) is 11.8 Å². The van der Waals surface area contributed by atoms with Gasteiger partial charge in [-0.1, -0.05) is 19.8 Å². The van der Waals surface area contributed by atoms with Gasteiger partial charge in [0.15, 0.2) is 0 Å². The van der Waals surface area contributed by atoms with Crippen molar-refractivity contribution in [1.82, 2.24) is 10.2 Å². The van der Waals surface area contributed by atoms with Gasteiger partial charge >= 0.3 is 5.97 Å². The average molecular weight is 324 g/mol. The van der Waals surface area contributed by atoms with Crippen molar-refractivity contribution in [2.24, 2.45) is 11.8 Å². The van der Waals surface area contributed by atoms with Crippen molar-refractivity contribution < 1.29 is 14.7 Å². The fourth-order valence-corrected chi connectivity index (χ4v) is 4.01. The number of carbonyl (C=O) groups excluding carboxylic acids is 1. The maximum atomic E-state index is 12.6. The van der Waals surface area contributed by atoms with Gasteiger partial charge in [-0.05, 0) is 57.4 Å². The van der Waals surface area contributed by atoms with Crippen LogP contribution in [-0.4, -0.2) is 47.1 Å². The number of carboxylic acids is 1. The predicted molar refractivity (Wildman–Crippen MR) is 90.2 cm³/mol. The molecule has 0 radical (unpaired) electrons. The molecular formula is C18H32N2O3. The summed E-state index contributed by atoms with van der Waals surface area (Å²) < 4.78 is 0. The second-order valence-corrected chi connectivity index (χ2v) is 7.49. The summed E-state index contributed by atoms with van der Waals surface area (Å²) in [5.74, 6) is 0.398. The lowest BCUT2D eigenvalue weighted by molar-refractivity contribution is -0.137. The van der Waals surface area contributed by atoms with Crippen LogP contribution in [0.3, 0.4) is 0 Å². The topological polar surface area (TPSA) is 69.6 Å². The van der Waals surface area contributed by atoms with E-state index in [4.69, 9.17) is 5.11 Å². The smallest absolute Gasteiger partial charge is 0.303 e. The second kappa shape index (κ2) is 8.67. The lowest BCUT2D eigenvalue weighted by Gasteiger charge is -2.37. The molecule has 2 rings (SSSR count). The number of hydrogen-bond donors (Lipinski definition) is 2. The summed E-state index contributed by atoms with van der Waals surface area (Å²) in [6, 6.07) is 0.211. The molecule has 0 spiro atoms. The van der Waals surface area contributed by atoms with Gasteiger partial charge < -0.3 is 10.4 Å². The number of likely N-dealkylation sites (tertiary alicyclic amines) is 1. The highest BCUT2D eigenvalue weighted by atomic mass is 16.4. The first-order valence-electron chi connectivity index (χ1n) is 9.23. The summed E-state index contributed by atoms with van der Waals surface area (Å²) in [5, 5.41) is 12.1. The summed E-state index contributed by atoms with van der Waals surface area (Å²) >= 11 is 0. The Morgan fingerprint density at radius 3 is 2.65 bits per heavy atom. The number of nitrogens with zero attached hydrogens (tertiary/aromatic N) is 1. The van der Waals surface area contributed by atoms with Crippen LogP contribution in [0.15, 0.2) is 0 Å². The predicted octanol–water partition coefficient (Wildman–Crippen LogP) is 2.65. The molecule has 0 aromatic heterocycles. The van der Waals surface area contributed by atoms with E-state index in [0.717, 1.165) is 38.8 Å². The Labute approximate surface area is 139 Å². The molecule has 1 aliphatic carbocycles. The van der Waals surface area contributed by atoms with Crippen molar-refractivity contribution in [1.29, 1.82) is 0 Å². The molecule has 1 aliphatic heterocycles. The lowest BCUT2D eigenvalue weighted by Crippen LogP contribution is -2.52. The molecule has 5 nitrogen and oxygen atoms in total. The zero-order chi connectivity index (χ0) is 16.8. The zero-order valence-corrected chi connectivity index (χ0v) is 14.6. The van der Waals surface area contributed by atoms with Crippen LogP contribution in [-0.2, 0) is 9.59 Å². The largest absolute Gasteiger partial charge is 0.481 e. The lowest BCUT2D eigenvalue weighted by atomic mass is 9.85. The molecule has 1 heterocycles. The summed E-state index contributed by atoms with van der Waals surface area (Å²) in [6.45, 7) is 6.01. The standard InChI is InChI=1S/C18H32N2O3/c1-13-6-3-4-8-16(13)19-18(23)14(2)20-11-5-7-15(12-20)9-10-17(21)22/h13-16H,3-12H2,1-2H3,(H,19,23)(H,21,22). The maximum Gasteiger partial charge on any atom is 0.303 e. The third kappa shape index (κ3) is 5.48. The minimum atomic E-state index is -0.723. The number of rotatable bonds is 6. The fourth-order valence-electron chi connectivity index (χ4n) is 4.01. The highest BCUT2D eigenvalue weighted by molar-refractivity contribution is 5.81. The first kappa shape index (κ1) is 18.2. The number of carbonyl (C=O) groups is 2.